The second-order valence-corrected chi connectivity index (χ2v) is 5.52. The van der Waals surface area contributed by atoms with Gasteiger partial charge in [0, 0.05) is 28.1 Å². The van der Waals surface area contributed by atoms with Crippen LogP contribution in [0.1, 0.15) is 5.56 Å². The Kier molecular flexibility index (Phi) is 2.45. The summed E-state index contributed by atoms with van der Waals surface area (Å²) in [7, 11) is 0. The van der Waals surface area contributed by atoms with Gasteiger partial charge in [-0.05, 0) is 29.8 Å². The zero-order chi connectivity index (χ0) is 13.7. The highest BCUT2D eigenvalue weighted by Crippen LogP contribution is 2.33. The Labute approximate surface area is 122 Å². The van der Waals surface area contributed by atoms with E-state index >= 15 is 0 Å². The van der Waals surface area contributed by atoms with E-state index in [0.29, 0.717) is 0 Å². The molecular weight excluding hydrogens is 266 g/mol. The van der Waals surface area contributed by atoms with Crippen molar-refractivity contribution in [2.45, 2.75) is 6.92 Å². The minimum atomic E-state index is 0.816. The lowest BCUT2D eigenvalue weighted by atomic mass is 10.00. The van der Waals surface area contributed by atoms with Gasteiger partial charge in [0.2, 0.25) is 5.52 Å². The lowest BCUT2D eigenvalue weighted by Crippen LogP contribution is -2.21. The van der Waals surface area contributed by atoms with Crippen LogP contribution >= 0.6 is 11.6 Å². The van der Waals surface area contributed by atoms with Crippen molar-refractivity contribution in [3.63, 3.8) is 0 Å². The molecular formula is C18H13ClN+. The third-order valence-corrected chi connectivity index (χ3v) is 4.29. The lowest BCUT2D eigenvalue weighted by Gasteiger charge is -2.07. The standard InChI is InChI=1S/C18H13ClN/c1-12-15-10-17(19)14-7-3-2-6-13(14)16(15)11-20-9-5-4-8-18(12)20/h2-11H,1H3/q+1. The van der Waals surface area contributed by atoms with Crippen LogP contribution in [0.4, 0.5) is 0 Å². The molecule has 0 N–H and O–H groups in total. The number of hydrogen-bond acceptors (Lipinski definition) is 0. The fourth-order valence-corrected chi connectivity index (χ4v) is 3.24. The lowest BCUT2D eigenvalue weighted by molar-refractivity contribution is -0.510. The van der Waals surface area contributed by atoms with E-state index < -0.39 is 0 Å². The molecule has 0 fully saturated rings. The van der Waals surface area contributed by atoms with Gasteiger partial charge in [-0.25, -0.2) is 0 Å². The van der Waals surface area contributed by atoms with Crippen molar-refractivity contribution < 1.29 is 4.40 Å². The topological polar surface area (TPSA) is 4.10 Å². The van der Waals surface area contributed by atoms with Crippen molar-refractivity contribution in [2.75, 3.05) is 0 Å². The Morgan fingerprint density at radius 1 is 0.850 bits per heavy atom. The number of rotatable bonds is 0. The summed E-state index contributed by atoms with van der Waals surface area (Å²) in [6.07, 6.45) is 4.28. The first-order valence-electron chi connectivity index (χ1n) is 6.66. The molecule has 96 valence electrons. The van der Waals surface area contributed by atoms with E-state index in [1.165, 1.54) is 27.2 Å². The highest BCUT2D eigenvalue weighted by Gasteiger charge is 2.14. The number of aryl methyl sites for hydroxylation is 1. The van der Waals surface area contributed by atoms with E-state index in [4.69, 9.17) is 11.6 Å². The van der Waals surface area contributed by atoms with Crippen LogP contribution < -0.4 is 4.40 Å². The van der Waals surface area contributed by atoms with Crippen molar-refractivity contribution in [3.05, 3.63) is 71.5 Å². The Morgan fingerprint density at radius 3 is 2.45 bits per heavy atom. The zero-order valence-corrected chi connectivity index (χ0v) is 11.9. The molecule has 1 nitrogen and oxygen atoms in total. The maximum Gasteiger partial charge on any atom is 0.214 e. The van der Waals surface area contributed by atoms with Crippen LogP contribution in [-0.4, -0.2) is 0 Å². The molecule has 4 aromatic rings. The SMILES string of the molecule is Cc1c2cc(Cl)c3ccccc3c2c[n+]2ccccc12. The Bertz CT molecular complexity index is 967. The monoisotopic (exact) mass is 278 g/mol. The molecule has 2 aromatic heterocycles. The molecule has 0 aliphatic carbocycles. The average molecular weight is 279 g/mol. The van der Waals surface area contributed by atoms with Gasteiger partial charge >= 0.3 is 0 Å². The van der Waals surface area contributed by atoms with Gasteiger partial charge in [-0.3, -0.25) is 0 Å². The van der Waals surface area contributed by atoms with Crippen molar-refractivity contribution in [3.8, 4) is 0 Å². The molecule has 0 unspecified atom stereocenters. The van der Waals surface area contributed by atoms with Crippen molar-refractivity contribution in [1.29, 1.82) is 0 Å². The average Bonchev–Trinajstić information content (AvgIpc) is 2.49. The predicted octanol–water partition coefficient (Wildman–Crippen LogP) is 4.69. The van der Waals surface area contributed by atoms with Gasteiger partial charge in [-0.2, -0.15) is 4.40 Å². The molecule has 2 heteroatoms. The Balaban J connectivity index is 2.34. The Morgan fingerprint density at radius 2 is 1.60 bits per heavy atom. The van der Waals surface area contributed by atoms with Crippen LogP contribution in [0.25, 0.3) is 27.1 Å². The summed E-state index contributed by atoms with van der Waals surface area (Å²) >= 11 is 6.45. The fraction of sp³-hybridized carbons (Fsp3) is 0.0556. The third-order valence-electron chi connectivity index (χ3n) is 3.98. The Hall–Kier alpha value is -2.12. The van der Waals surface area contributed by atoms with Crippen LogP contribution in [-0.2, 0) is 0 Å². The molecule has 2 aromatic carbocycles. The number of fused-ring (bicyclic) bond motifs is 4. The summed E-state index contributed by atoms with van der Waals surface area (Å²) in [6.45, 7) is 2.16. The van der Waals surface area contributed by atoms with Gasteiger partial charge in [0.05, 0.1) is 5.39 Å². The van der Waals surface area contributed by atoms with Crippen LogP contribution in [0.2, 0.25) is 5.02 Å². The maximum atomic E-state index is 6.45. The predicted molar refractivity (Wildman–Crippen MR) is 84.4 cm³/mol. The summed E-state index contributed by atoms with van der Waals surface area (Å²) < 4.78 is 2.18. The zero-order valence-electron chi connectivity index (χ0n) is 11.1. The number of aromatic nitrogens is 1. The maximum absolute atomic E-state index is 6.45. The molecule has 0 bridgehead atoms. The molecule has 0 radical (unpaired) electrons. The molecule has 0 saturated heterocycles. The molecule has 0 spiro atoms. The van der Waals surface area contributed by atoms with E-state index in [1.54, 1.807) is 0 Å². The van der Waals surface area contributed by atoms with Gasteiger partial charge in [0.25, 0.3) is 0 Å². The summed E-state index contributed by atoms with van der Waals surface area (Å²) in [6, 6.07) is 16.6. The molecule has 20 heavy (non-hydrogen) atoms. The summed E-state index contributed by atoms with van der Waals surface area (Å²) in [5, 5.41) is 5.59. The second-order valence-electron chi connectivity index (χ2n) is 5.11. The second kappa shape index (κ2) is 4.19. The van der Waals surface area contributed by atoms with Gasteiger partial charge in [0.15, 0.2) is 12.4 Å². The number of halogens is 1. The largest absolute Gasteiger partial charge is 0.214 e. The van der Waals surface area contributed by atoms with Crippen LogP contribution in [0, 0.1) is 6.92 Å². The minimum Gasteiger partial charge on any atom is -0.166 e. The van der Waals surface area contributed by atoms with Crippen LogP contribution in [0.3, 0.4) is 0 Å². The number of pyridine rings is 2. The summed E-state index contributed by atoms with van der Waals surface area (Å²) in [5.74, 6) is 0. The molecule has 0 saturated carbocycles. The molecule has 0 amide bonds. The summed E-state index contributed by atoms with van der Waals surface area (Å²) in [4.78, 5) is 0. The minimum absolute atomic E-state index is 0.816. The first-order chi connectivity index (χ1) is 9.75. The van der Waals surface area contributed by atoms with Gasteiger partial charge in [-0.15, -0.1) is 0 Å². The van der Waals surface area contributed by atoms with E-state index in [1.807, 2.05) is 6.07 Å². The molecule has 2 heterocycles. The van der Waals surface area contributed by atoms with Crippen LogP contribution in [0.15, 0.2) is 60.9 Å². The van der Waals surface area contributed by atoms with E-state index in [9.17, 15) is 0 Å². The van der Waals surface area contributed by atoms with E-state index in [2.05, 4.69) is 66.2 Å². The van der Waals surface area contributed by atoms with Gasteiger partial charge in [-0.1, -0.05) is 35.9 Å². The van der Waals surface area contributed by atoms with Crippen LogP contribution in [0.5, 0.6) is 0 Å². The van der Waals surface area contributed by atoms with Crippen molar-refractivity contribution in [2.24, 2.45) is 0 Å². The van der Waals surface area contributed by atoms with Gasteiger partial charge < -0.3 is 0 Å². The highest BCUT2D eigenvalue weighted by atomic mass is 35.5. The molecule has 0 atom stereocenters. The number of nitrogens with zero attached hydrogens (tertiary/aromatic N) is 1. The summed E-state index contributed by atoms with van der Waals surface area (Å²) in [5.41, 5.74) is 2.47. The third kappa shape index (κ3) is 1.53. The van der Waals surface area contributed by atoms with Gasteiger partial charge in [0.1, 0.15) is 0 Å². The van der Waals surface area contributed by atoms with E-state index in [-0.39, 0.29) is 0 Å². The smallest absolute Gasteiger partial charge is 0.166 e. The highest BCUT2D eigenvalue weighted by molar-refractivity contribution is 6.37. The molecule has 4 rings (SSSR count). The number of benzene rings is 2. The van der Waals surface area contributed by atoms with E-state index in [0.717, 1.165) is 10.4 Å². The normalized spacial score (nSPS) is 11.5. The van der Waals surface area contributed by atoms with Crippen molar-refractivity contribution >= 4 is 38.7 Å². The molecule has 0 aliphatic rings. The first-order valence-corrected chi connectivity index (χ1v) is 7.04. The molecule has 0 aliphatic heterocycles. The fourth-order valence-electron chi connectivity index (χ4n) is 2.97. The van der Waals surface area contributed by atoms with Crippen molar-refractivity contribution in [1.82, 2.24) is 0 Å². The first kappa shape index (κ1) is 11.7. The number of hydrogen-bond donors (Lipinski definition) is 0. The quantitative estimate of drug-likeness (QED) is 0.250.